The molecule has 3 heteroatoms. The molecule has 2 aromatic heterocycles. The van der Waals surface area contributed by atoms with Gasteiger partial charge in [-0.3, -0.25) is 4.98 Å². The van der Waals surface area contributed by atoms with Crippen molar-refractivity contribution in [2.24, 2.45) is 0 Å². The van der Waals surface area contributed by atoms with Crippen LogP contribution in [-0.4, -0.2) is 9.97 Å². The topological polar surface area (TPSA) is 25.8 Å². The molecular weight excluding hydrogens is 709 g/mol. The van der Waals surface area contributed by atoms with Gasteiger partial charge in [0, 0.05) is 42.1 Å². The fourth-order valence-corrected chi connectivity index (χ4v) is 10.4. The van der Waals surface area contributed by atoms with Crippen molar-refractivity contribution in [1.29, 1.82) is 0 Å². The summed E-state index contributed by atoms with van der Waals surface area (Å²) in [5.41, 5.74) is 11.1. The van der Waals surface area contributed by atoms with E-state index in [4.69, 9.17) is 9.97 Å². The average molecular weight is 741 g/mol. The van der Waals surface area contributed by atoms with Gasteiger partial charge in [0.25, 0.3) is 0 Å². The molecular formula is C54H32N2S. The highest BCUT2D eigenvalue weighted by Crippen LogP contribution is 2.44. The van der Waals surface area contributed by atoms with E-state index in [0.717, 1.165) is 38.6 Å². The number of nitrogens with zero attached hydrogens (tertiary/aromatic N) is 2. The summed E-state index contributed by atoms with van der Waals surface area (Å²) in [7, 11) is 0. The highest BCUT2D eigenvalue weighted by Gasteiger charge is 2.17. The maximum absolute atomic E-state index is 5.30. The van der Waals surface area contributed by atoms with Gasteiger partial charge in [0.15, 0.2) is 0 Å². The van der Waals surface area contributed by atoms with Crippen LogP contribution in [-0.2, 0) is 0 Å². The van der Waals surface area contributed by atoms with Crippen LogP contribution in [0.5, 0.6) is 0 Å². The van der Waals surface area contributed by atoms with Crippen molar-refractivity contribution in [3.63, 3.8) is 0 Å². The lowest BCUT2D eigenvalue weighted by atomic mass is 9.89. The Balaban J connectivity index is 0.988. The second kappa shape index (κ2) is 12.7. The number of aromatic nitrogens is 2. The molecule has 2 nitrogen and oxygen atoms in total. The molecule has 57 heavy (non-hydrogen) atoms. The molecule has 0 N–H and O–H groups in total. The van der Waals surface area contributed by atoms with Crippen LogP contribution in [0.3, 0.4) is 0 Å². The molecule has 12 rings (SSSR count). The molecule has 0 aliphatic rings. The molecule has 0 fully saturated rings. The molecule has 0 radical (unpaired) electrons. The largest absolute Gasteiger partial charge is 0.252 e. The van der Waals surface area contributed by atoms with E-state index in [1.54, 1.807) is 0 Å². The zero-order chi connectivity index (χ0) is 37.5. The Labute approximate surface area is 333 Å². The quantitative estimate of drug-likeness (QED) is 0.168. The first-order valence-electron chi connectivity index (χ1n) is 19.4. The second-order valence-corrected chi connectivity index (χ2v) is 15.9. The van der Waals surface area contributed by atoms with Gasteiger partial charge in [0.05, 0.1) is 22.9 Å². The molecule has 0 bridgehead atoms. The summed E-state index contributed by atoms with van der Waals surface area (Å²) in [6.45, 7) is 0. The zero-order valence-corrected chi connectivity index (χ0v) is 31.6. The normalized spacial score (nSPS) is 11.9. The van der Waals surface area contributed by atoms with E-state index in [2.05, 4.69) is 188 Å². The van der Waals surface area contributed by atoms with Crippen LogP contribution in [0.25, 0.3) is 119 Å². The molecule has 10 aromatic carbocycles. The Morgan fingerprint density at radius 2 is 0.772 bits per heavy atom. The first kappa shape index (κ1) is 32.1. The van der Waals surface area contributed by atoms with Gasteiger partial charge in [-0.05, 0) is 72.3 Å². The van der Waals surface area contributed by atoms with Gasteiger partial charge < -0.3 is 0 Å². The minimum absolute atomic E-state index is 0.864. The number of fused-ring (bicyclic) bond motifs is 11. The fraction of sp³-hybridized carbons (Fsp3) is 0. The lowest BCUT2D eigenvalue weighted by Gasteiger charge is -2.15. The smallest absolute Gasteiger partial charge is 0.0979 e. The molecule has 12 aromatic rings. The summed E-state index contributed by atoms with van der Waals surface area (Å²) in [6, 6.07) is 68.3. The van der Waals surface area contributed by atoms with E-state index in [-0.39, 0.29) is 0 Å². The molecule has 0 saturated carbocycles. The third kappa shape index (κ3) is 4.96. The Hall–Kier alpha value is -7.20. The van der Waals surface area contributed by atoms with Gasteiger partial charge in [-0.15, -0.1) is 11.3 Å². The number of hydrogen-bond donors (Lipinski definition) is 0. The third-order valence-electron chi connectivity index (χ3n) is 11.7. The van der Waals surface area contributed by atoms with Crippen LogP contribution >= 0.6 is 11.3 Å². The maximum atomic E-state index is 5.30. The van der Waals surface area contributed by atoms with Crippen LogP contribution in [0, 0.1) is 0 Å². The van der Waals surface area contributed by atoms with Crippen molar-refractivity contribution in [3.8, 4) is 44.6 Å². The van der Waals surface area contributed by atoms with Crippen LogP contribution in [0.1, 0.15) is 0 Å². The Morgan fingerprint density at radius 3 is 1.44 bits per heavy atom. The van der Waals surface area contributed by atoms with E-state index in [0.29, 0.717) is 0 Å². The molecule has 0 aliphatic heterocycles. The summed E-state index contributed by atoms with van der Waals surface area (Å²) >= 11 is 1.89. The summed E-state index contributed by atoms with van der Waals surface area (Å²) in [5, 5.41) is 12.3. The minimum atomic E-state index is 0.864. The first-order chi connectivity index (χ1) is 28.3. The minimum Gasteiger partial charge on any atom is -0.252 e. The number of thiophene rings is 1. The van der Waals surface area contributed by atoms with Crippen molar-refractivity contribution in [2.75, 3.05) is 0 Å². The molecule has 0 amide bonds. The van der Waals surface area contributed by atoms with Crippen molar-refractivity contribution < 1.29 is 0 Å². The lowest BCUT2D eigenvalue weighted by molar-refractivity contribution is 1.31. The SMILES string of the molecule is c1cc(-c2cnc3c4ccccc4c4ccccc4c3n2)cc(-c2cccc3c(-c4cccc5c(-c6cccc7c6sc6ccccc67)cccc45)cccc23)c1. The van der Waals surface area contributed by atoms with Crippen LogP contribution in [0.15, 0.2) is 194 Å². The molecule has 264 valence electrons. The van der Waals surface area contributed by atoms with Gasteiger partial charge in [0.1, 0.15) is 0 Å². The standard InChI is InChI=1S/C54H32N2S/c1-3-18-46-42(15-1)43-16-2-4-19-47(43)53-52(46)55-32-50(56-53)34-14-7-13-33(31-34)35-20-8-22-37-36(35)21-9-23-38(37)39-24-10-26-41-40(39)25-11-27-44(41)48-28-12-29-49-45-17-5-6-30-51(45)57-54(48)49/h1-32H. The predicted molar refractivity (Wildman–Crippen MR) is 244 cm³/mol. The van der Waals surface area contributed by atoms with E-state index >= 15 is 0 Å². The van der Waals surface area contributed by atoms with Crippen molar-refractivity contribution in [1.82, 2.24) is 9.97 Å². The monoisotopic (exact) mass is 740 g/mol. The van der Waals surface area contributed by atoms with Gasteiger partial charge in [-0.2, -0.15) is 0 Å². The van der Waals surface area contributed by atoms with E-state index in [1.807, 2.05) is 17.5 Å². The zero-order valence-electron chi connectivity index (χ0n) is 30.8. The molecule has 2 heterocycles. The fourth-order valence-electron chi connectivity index (χ4n) is 9.14. The van der Waals surface area contributed by atoms with Crippen molar-refractivity contribution in [2.45, 2.75) is 0 Å². The Kier molecular flexibility index (Phi) is 7.13. The van der Waals surface area contributed by atoms with E-state index in [9.17, 15) is 0 Å². The maximum Gasteiger partial charge on any atom is 0.0979 e. The number of hydrogen-bond acceptors (Lipinski definition) is 3. The van der Waals surface area contributed by atoms with Crippen molar-refractivity contribution in [3.05, 3.63) is 194 Å². The highest BCUT2D eigenvalue weighted by atomic mass is 32.1. The summed E-state index contributed by atoms with van der Waals surface area (Å²) in [6.07, 6.45) is 1.93. The number of rotatable bonds is 4. The second-order valence-electron chi connectivity index (χ2n) is 14.8. The molecule has 0 unspecified atom stereocenters. The van der Waals surface area contributed by atoms with E-state index in [1.165, 1.54) is 80.3 Å². The highest BCUT2D eigenvalue weighted by molar-refractivity contribution is 7.26. The summed E-state index contributed by atoms with van der Waals surface area (Å²) in [4.78, 5) is 10.3. The van der Waals surface area contributed by atoms with Gasteiger partial charge in [-0.25, -0.2) is 4.98 Å². The van der Waals surface area contributed by atoms with Crippen molar-refractivity contribution >= 4 is 85.6 Å². The van der Waals surface area contributed by atoms with Gasteiger partial charge in [-0.1, -0.05) is 176 Å². The molecule has 0 atom stereocenters. The first-order valence-corrected chi connectivity index (χ1v) is 20.2. The molecule has 0 spiro atoms. The van der Waals surface area contributed by atoms with Gasteiger partial charge in [0.2, 0.25) is 0 Å². The molecule has 0 aliphatic carbocycles. The number of benzene rings is 10. The predicted octanol–water partition coefficient (Wildman–Crippen LogP) is 15.3. The summed E-state index contributed by atoms with van der Waals surface area (Å²) in [5.74, 6) is 0. The van der Waals surface area contributed by atoms with Gasteiger partial charge >= 0.3 is 0 Å². The average Bonchev–Trinajstić information content (AvgIpc) is 3.67. The Bertz CT molecular complexity index is 3560. The van der Waals surface area contributed by atoms with Crippen LogP contribution in [0.2, 0.25) is 0 Å². The summed E-state index contributed by atoms with van der Waals surface area (Å²) < 4.78 is 2.66. The molecule has 0 saturated heterocycles. The van der Waals surface area contributed by atoms with Crippen LogP contribution < -0.4 is 0 Å². The lowest BCUT2D eigenvalue weighted by Crippen LogP contribution is -1.92. The van der Waals surface area contributed by atoms with E-state index < -0.39 is 0 Å². The Morgan fingerprint density at radius 1 is 0.316 bits per heavy atom. The van der Waals surface area contributed by atoms with Crippen LogP contribution in [0.4, 0.5) is 0 Å². The third-order valence-corrected chi connectivity index (χ3v) is 12.9.